The largest absolute Gasteiger partial charge is 0.354 e. The normalized spacial score (nSPS) is 11.3. The van der Waals surface area contributed by atoms with Gasteiger partial charge in [0.2, 0.25) is 5.91 Å². The van der Waals surface area contributed by atoms with Crippen LogP contribution in [0.2, 0.25) is 0 Å². The monoisotopic (exact) mass is 313 g/mol. The third-order valence-corrected chi connectivity index (χ3v) is 3.49. The van der Waals surface area contributed by atoms with Gasteiger partial charge >= 0.3 is 0 Å². The van der Waals surface area contributed by atoms with Crippen molar-refractivity contribution in [2.75, 3.05) is 6.54 Å². The summed E-state index contributed by atoms with van der Waals surface area (Å²) in [5, 5.41) is 19.4. The van der Waals surface area contributed by atoms with E-state index in [4.69, 9.17) is 0 Å². The second-order valence-corrected chi connectivity index (χ2v) is 5.57. The van der Waals surface area contributed by atoms with E-state index in [0.29, 0.717) is 19.0 Å². The highest BCUT2D eigenvalue weighted by Gasteiger charge is 2.09. The van der Waals surface area contributed by atoms with Crippen LogP contribution >= 0.6 is 0 Å². The van der Waals surface area contributed by atoms with Gasteiger partial charge in [0, 0.05) is 19.0 Å². The first kappa shape index (κ1) is 15.1. The molecule has 0 spiro atoms. The van der Waals surface area contributed by atoms with E-state index in [0.717, 1.165) is 16.9 Å². The Balaban J connectivity index is 1.52. The summed E-state index contributed by atoms with van der Waals surface area (Å²) in [6.07, 6.45) is 2.35. The van der Waals surface area contributed by atoms with E-state index >= 15 is 0 Å². The van der Waals surface area contributed by atoms with Gasteiger partial charge < -0.3 is 9.88 Å². The molecule has 23 heavy (non-hydrogen) atoms. The number of rotatable bonds is 6. The van der Waals surface area contributed by atoms with Gasteiger partial charge in [0.15, 0.2) is 0 Å². The zero-order valence-corrected chi connectivity index (χ0v) is 13.2. The van der Waals surface area contributed by atoms with Crippen molar-refractivity contribution < 1.29 is 4.79 Å². The topological polar surface area (TPSA) is 90.5 Å². The lowest BCUT2D eigenvalue weighted by molar-refractivity contribution is -0.122. The minimum atomic E-state index is -0.124. The Kier molecular flexibility index (Phi) is 4.31. The number of hydrogen-bond donors (Lipinski definition) is 1. The first-order valence-corrected chi connectivity index (χ1v) is 7.58. The average Bonchev–Trinajstić information content (AvgIpc) is 3.12. The Morgan fingerprint density at radius 3 is 2.57 bits per heavy atom. The van der Waals surface area contributed by atoms with Crippen LogP contribution < -0.4 is 5.32 Å². The van der Waals surface area contributed by atoms with E-state index in [9.17, 15) is 4.79 Å². The Morgan fingerprint density at radius 2 is 1.91 bits per heavy atom. The molecule has 0 atom stereocenters. The molecule has 120 valence electrons. The van der Waals surface area contributed by atoms with Crippen LogP contribution in [0.1, 0.15) is 25.7 Å². The van der Waals surface area contributed by atoms with Crippen molar-refractivity contribution in [3.8, 4) is 0 Å². The molecular formula is C15H19N7O. The maximum absolute atomic E-state index is 12.0. The second kappa shape index (κ2) is 6.55. The van der Waals surface area contributed by atoms with Gasteiger partial charge in [-0.1, -0.05) is 12.1 Å². The molecule has 2 heterocycles. The second-order valence-electron chi connectivity index (χ2n) is 5.57. The Morgan fingerprint density at radius 1 is 1.22 bits per heavy atom. The van der Waals surface area contributed by atoms with Crippen LogP contribution in [-0.2, 0) is 17.8 Å². The van der Waals surface area contributed by atoms with Crippen molar-refractivity contribution in [3.05, 3.63) is 36.4 Å². The highest BCUT2D eigenvalue weighted by molar-refractivity contribution is 5.77. The molecule has 8 nitrogen and oxygen atoms in total. The van der Waals surface area contributed by atoms with Crippen LogP contribution in [0.5, 0.6) is 0 Å². The number of benzene rings is 1. The van der Waals surface area contributed by atoms with Crippen LogP contribution in [0.25, 0.3) is 11.0 Å². The first-order chi connectivity index (χ1) is 11.1. The quantitative estimate of drug-likeness (QED) is 0.732. The van der Waals surface area contributed by atoms with E-state index in [-0.39, 0.29) is 12.5 Å². The van der Waals surface area contributed by atoms with Crippen molar-refractivity contribution in [2.24, 2.45) is 0 Å². The van der Waals surface area contributed by atoms with E-state index in [1.807, 2.05) is 28.8 Å². The highest BCUT2D eigenvalue weighted by Crippen LogP contribution is 2.07. The van der Waals surface area contributed by atoms with Crippen molar-refractivity contribution in [1.82, 2.24) is 35.1 Å². The van der Waals surface area contributed by atoms with E-state index in [1.54, 1.807) is 6.33 Å². The lowest BCUT2D eigenvalue weighted by Gasteiger charge is -2.10. The molecule has 0 saturated heterocycles. The Hall–Kier alpha value is -2.77. The first-order valence-electron chi connectivity index (χ1n) is 7.58. The molecule has 0 aliphatic carbocycles. The van der Waals surface area contributed by atoms with Crippen LogP contribution in [-0.4, -0.2) is 42.2 Å². The number of amides is 1. The summed E-state index contributed by atoms with van der Waals surface area (Å²) in [6, 6.07) is 7.83. The molecule has 3 rings (SSSR count). The average molecular weight is 313 g/mol. The van der Waals surface area contributed by atoms with Crippen LogP contribution in [0.15, 0.2) is 30.6 Å². The molecule has 0 bridgehead atoms. The molecule has 0 saturated carbocycles. The third-order valence-electron chi connectivity index (χ3n) is 3.49. The molecule has 0 fully saturated rings. The van der Waals surface area contributed by atoms with Crippen LogP contribution in [0, 0.1) is 0 Å². The van der Waals surface area contributed by atoms with Gasteiger partial charge in [-0.3, -0.25) is 4.79 Å². The number of nitrogens with zero attached hydrogens (tertiary/aromatic N) is 6. The summed E-state index contributed by atoms with van der Waals surface area (Å²) in [6.45, 7) is 4.75. The van der Waals surface area contributed by atoms with Gasteiger partial charge in [0.1, 0.15) is 29.7 Å². The Bertz CT molecular complexity index is 772. The summed E-state index contributed by atoms with van der Waals surface area (Å²) in [7, 11) is 0. The number of carbonyl (C=O) groups is 1. The maximum Gasteiger partial charge on any atom is 0.243 e. The molecule has 0 aliphatic rings. The molecule has 1 amide bonds. The number of nitrogens with one attached hydrogen (secondary N) is 1. The minimum Gasteiger partial charge on any atom is -0.354 e. The molecule has 0 radical (unpaired) electrons. The predicted octanol–water partition coefficient (Wildman–Crippen LogP) is 0.963. The van der Waals surface area contributed by atoms with Crippen LogP contribution in [0.3, 0.4) is 0 Å². The standard InChI is InChI=1S/C15H19N7O/c1-11(2)21-10-17-18-14(21)7-8-16-15(23)9-22-19-12-5-3-4-6-13(12)20-22/h3-6,10-11H,7-9H2,1-2H3,(H,16,23). The highest BCUT2D eigenvalue weighted by atomic mass is 16.2. The lowest BCUT2D eigenvalue weighted by atomic mass is 10.3. The van der Waals surface area contributed by atoms with Crippen molar-refractivity contribution in [3.63, 3.8) is 0 Å². The SMILES string of the molecule is CC(C)n1cnnc1CCNC(=O)Cn1nc2ccccc2n1. The van der Waals surface area contributed by atoms with Gasteiger partial charge in [-0.25, -0.2) is 0 Å². The van der Waals surface area contributed by atoms with Gasteiger partial charge in [0.25, 0.3) is 0 Å². The minimum absolute atomic E-state index is 0.103. The summed E-state index contributed by atoms with van der Waals surface area (Å²) in [5.41, 5.74) is 1.57. The maximum atomic E-state index is 12.0. The zero-order chi connectivity index (χ0) is 16.2. The number of hydrogen-bond acceptors (Lipinski definition) is 5. The number of fused-ring (bicyclic) bond motifs is 1. The van der Waals surface area contributed by atoms with Gasteiger partial charge in [-0.2, -0.15) is 15.0 Å². The molecular weight excluding hydrogens is 294 g/mol. The summed E-state index contributed by atoms with van der Waals surface area (Å²) >= 11 is 0. The molecule has 1 N–H and O–H groups in total. The molecule has 8 heteroatoms. The third kappa shape index (κ3) is 3.53. The van der Waals surface area contributed by atoms with Gasteiger partial charge in [-0.15, -0.1) is 10.2 Å². The Labute approximate surface area is 133 Å². The number of carbonyl (C=O) groups excluding carboxylic acids is 1. The van der Waals surface area contributed by atoms with Crippen molar-refractivity contribution >= 4 is 16.9 Å². The van der Waals surface area contributed by atoms with E-state index in [2.05, 4.69) is 39.6 Å². The molecule has 0 unspecified atom stereocenters. The fourth-order valence-electron chi connectivity index (χ4n) is 2.35. The van der Waals surface area contributed by atoms with Crippen molar-refractivity contribution in [2.45, 2.75) is 32.9 Å². The molecule has 0 aliphatic heterocycles. The molecule has 1 aromatic carbocycles. The van der Waals surface area contributed by atoms with Crippen molar-refractivity contribution in [1.29, 1.82) is 0 Å². The van der Waals surface area contributed by atoms with E-state index in [1.165, 1.54) is 4.80 Å². The molecule has 3 aromatic rings. The van der Waals surface area contributed by atoms with Gasteiger partial charge in [0.05, 0.1) is 0 Å². The predicted molar refractivity (Wildman–Crippen MR) is 84.6 cm³/mol. The van der Waals surface area contributed by atoms with Gasteiger partial charge in [-0.05, 0) is 26.0 Å². The van der Waals surface area contributed by atoms with Crippen LogP contribution in [0.4, 0.5) is 0 Å². The zero-order valence-electron chi connectivity index (χ0n) is 13.2. The summed E-state index contributed by atoms with van der Waals surface area (Å²) in [4.78, 5) is 13.4. The fraction of sp³-hybridized carbons (Fsp3) is 0.400. The fourth-order valence-corrected chi connectivity index (χ4v) is 2.35. The lowest BCUT2D eigenvalue weighted by Crippen LogP contribution is -2.30. The molecule has 2 aromatic heterocycles. The smallest absolute Gasteiger partial charge is 0.243 e. The number of aromatic nitrogens is 6. The summed E-state index contributed by atoms with van der Waals surface area (Å²) < 4.78 is 1.99. The van der Waals surface area contributed by atoms with E-state index < -0.39 is 0 Å². The summed E-state index contributed by atoms with van der Waals surface area (Å²) in [5.74, 6) is 0.740.